The van der Waals surface area contributed by atoms with E-state index in [1.807, 2.05) is 73.4 Å². The number of para-hydroxylation sites is 1. The van der Waals surface area contributed by atoms with E-state index in [0.717, 1.165) is 33.1 Å². The summed E-state index contributed by atoms with van der Waals surface area (Å²) < 4.78 is 67.0. The van der Waals surface area contributed by atoms with Gasteiger partial charge >= 0.3 is 11.8 Å². The molecule has 0 aliphatic carbocycles. The van der Waals surface area contributed by atoms with Crippen molar-refractivity contribution in [1.82, 2.24) is 10.1 Å². The molecule has 3 aliphatic heterocycles. The first-order valence-electron chi connectivity index (χ1n) is 20.1. The molecule has 63 heavy (non-hydrogen) atoms. The van der Waals surface area contributed by atoms with E-state index < -0.39 is 66.3 Å². The van der Waals surface area contributed by atoms with Crippen LogP contribution in [0.1, 0.15) is 83.9 Å². The zero-order chi connectivity index (χ0) is 45.9. The van der Waals surface area contributed by atoms with Crippen molar-refractivity contribution in [1.29, 1.82) is 0 Å². The molecule has 17 nitrogen and oxygen atoms in total. The van der Waals surface area contributed by atoms with Crippen molar-refractivity contribution in [3.05, 3.63) is 125 Å². The topological polar surface area (TPSA) is 221 Å². The lowest BCUT2D eigenvalue weighted by atomic mass is 9.76. The van der Waals surface area contributed by atoms with Gasteiger partial charge < -0.3 is 9.74 Å². The minimum atomic E-state index is -4.22. The fraction of sp³-hybridized carbons (Fsp3) is 0.364. The number of aryl methyl sites for hydroxylation is 1. The summed E-state index contributed by atoms with van der Waals surface area (Å²) in [5.41, 5.74) is 4.02. The van der Waals surface area contributed by atoms with Crippen molar-refractivity contribution in [3.63, 3.8) is 0 Å². The summed E-state index contributed by atoms with van der Waals surface area (Å²) in [5, 5.41) is 1.58. The number of anilines is 1. The van der Waals surface area contributed by atoms with Gasteiger partial charge in [0.05, 0.1) is 47.3 Å². The molecule has 1 fully saturated rings. The molecule has 19 heteroatoms. The molecule has 0 saturated carbocycles. The largest absolute Gasteiger partial charge is 0.363 e. The number of aromatic nitrogens is 1. The molecule has 1 aromatic heterocycles. The van der Waals surface area contributed by atoms with Gasteiger partial charge in [-0.25, -0.2) is 14.4 Å². The maximum absolute atomic E-state index is 13.2. The van der Waals surface area contributed by atoms with E-state index in [9.17, 15) is 45.1 Å². The van der Waals surface area contributed by atoms with Crippen LogP contribution in [0.3, 0.4) is 0 Å². The molecule has 2 aromatic carbocycles. The van der Waals surface area contributed by atoms with E-state index in [1.54, 1.807) is 41.1 Å². The van der Waals surface area contributed by atoms with E-state index in [0.29, 0.717) is 28.6 Å². The number of hydrogen-bond acceptors (Lipinski definition) is 12. The van der Waals surface area contributed by atoms with Gasteiger partial charge in [-0.3, -0.25) is 28.3 Å². The quantitative estimate of drug-likeness (QED) is 0.0614. The predicted molar refractivity (Wildman–Crippen MR) is 232 cm³/mol. The van der Waals surface area contributed by atoms with Gasteiger partial charge in [0.2, 0.25) is 0 Å². The molecule has 6 rings (SSSR count). The molecule has 3 aliphatic rings. The molecule has 0 radical (unpaired) electrons. The lowest BCUT2D eigenvalue weighted by molar-refractivity contribution is -0.684. The summed E-state index contributed by atoms with van der Waals surface area (Å²) in [6.45, 7) is 6.42. The number of hydroxylamine groups is 4. The van der Waals surface area contributed by atoms with Crippen LogP contribution >= 0.6 is 0 Å². The van der Waals surface area contributed by atoms with Gasteiger partial charge in [0.25, 0.3) is 38.0 Å². The van der Waals surface area contributed by atoms with Gasteiger partial charge in [0.15, 0.2) is 5.71 Å². The number of nitrogens with zero attached hydrogens (tertiary/aromatic N) is 5. The molecule has 3 amide bonds. The molecule has 1 atom stereocenters. The normalized spacial score (nSPS) is 19.0. The van der Waals surface area contributed by atoms with Gasteiger partial charge in [-0.15, -0.1) is 5.06 Å². The van der Waals surface area contributed by atoms with E-state index in [2.05, 4.69) is 6.92 Å². The van der Waals surface area contributed by atoms with Crippen molar-refractivity contribution < 1.29 is 59.4 Å². The van der Waals surface area contributed by atoms with Crippen molar-refractivity contribution >= 4 is 61.1 Å². The smallest absolute Gasteiger partial charge is 0.344 e. The van der Waals surface area contributed by atoms with Gasteiger partial charge in [-0.1, -0.05) is 48.6 Å². The third kappa shape index (κ3) is 10.5. The number of carbonyl (C=O) groups is 4. The molecule has 4 heterocycles. The number of allylic oxidation sites excluding steroid dienone is 6. The lowest BCUT2D eigenvalue weighted by Crippen LogP contribution is -2.38. The summed E-state index contributed by atoms with van der Waals surface area (Å²) in [6.07, 6.45) is 11.5. The van der Waals surface area contributed by atoms with Crippen LogP contribution < -0.4 is 9.47 Å². The number of amides is 3. The molecule has 2 N–H and O–H groups in total. The minimum Gasteiger partial charge on any atom is -0.344 e. The van der Waals surface area contributed by atoms with Crippen LogP contribution in [-0.4, -0.2) is 97.7 Å². The standard InChI is InChI=1S/C44H49N5O12S2/c1-43(2)34-27-32(41(52)46(4)60-5)29-47(23-11-25-62(54,55)56)40(34)45-36(43)15-7-6-8-16-37-44(3,33-13-9-10-14-35(33)48(37)24-12-26-63(57,58)59)28-30-17-19-31(20-18-30)42(53)61-49-38(50)21-22-39(49)51/h6-10,13-20,27,29H,11-12,21-26,28H2,1-5H3,(H-,54,55,56,57,58,59)/p+1. The molecular weight excluding hydrogens is 855 g/mol. The molecule has 1 saturated heterocycles. The number of fused-ring (bicyclic) bond motifs is 2. The van der Waals surface area contributed by atoms with Gasteiger partial charge in [-0.2, -0.15) is 16.8 Å². The minimum absolute atomic E-state index is 0.0214. The van der Waals surface area contributed by atoms with Crippen molar-refractivity contribution in [3.8, 4) is 0 Å². The Hall–Kier alpha value is -5.86. The van der Waals surface area contributed by atoms with Crippen molar-refractivity contribution in [2.45, 2.75) is 70.3 Å². The Morgan fingerprint density at radius 1 is 0.889 bits per heavy atom. The summed E-state index contributed by atoms with van der Waals surface area (Å²) in [7, 11) is -5.59. The Morgan fingerprint density at radius 2 is 1.54 bits per heavy atom. The number of hydrogen-bond donors (Lipinski definition) is 2. The first-order chi connectivity index (χ1) is 29.6. The Kier molecular flexibility index (Phi) is 13.7. The highest BCUT2D eigenvalue weighted by molar-refractivity contribution is 7.86. The fourth-order valence-corrected chi connectivity index (χ4v) is 8.98. The Balaban J connectivity index is 1.29. The Labute approximate surface area is 366 Å². The number of imide groups is 1. The first kappa shape index (κ1) is 46.6. The van der Waals surface area contributed by atoms with Crippen LogP contribution in [0.4, 0.5) is 11.5 Å². The maximum atomic E-state index is 13.2. The molecule has 1 unspecified atom stereocenters. The average molecular weight is 905 g/mol. The number of pyridine rings is 1. The first-order valence-corrected chi connectivity index (χ1v) is 23.3. The second kappa shape index (κ2) is 18.5. The summed E-state index contributed by atoms with van der Waals surface area (Å²) >= 11 is 0. The van der Waals surface area contributed by atoms with E-state index in [-0.39, 0.29) is 44.3 Å². The highest BCUT2D eigenvalue weighted by Gasteiger charge is 2.45. The number of aliphatic imine (C=N–C) groups is 1. The zero-order valence-electron chi connectivity index (χ0n) is 35.6. The van der Waals surface area contributed by atoms with Crippen LogP contribution in [-0.2, 0) is 63.3 Å². The highest BCUT2D eigenvalue weighted by Crippen LogP contribution is 2.50. The second-order valence-electron chi connectivity index (χ2n) is 16.2. The van der Waals surface area contributed by atoms with Crippen LogP contribution in [0.25, 0.3) is 0 Å². The third-order valence-electron chi connectivity index (χ3n) is 11.3. The monoisotopic (exact) mass is 904 g/mol. The Morgan fingerprint density at radius 3 is 2.19 bits per heavy atom. The predicted octanol–water partition coefficient (Wildman–Crippen LogP) is 4.76. The third-order valence-corrected chi connectivity index (χ3v) is 13.0. The van der Waals surface area contributed by atoms with E-state index in [4.69, 9.17) is 14.7 Å². The molecule has 0 bridgehead atoms. The highest BCUT2D eigenvalue weighted by atomic mass is 32.2. The van der Waals surface area contributed by atoms with Gasteiger partial charge in [0, 0.05) is 49.7 Å². The van der Waals surface area contributed by atoms with Crippen LogP contribution in [0.2, 0.25) is 0 Å². The van der Waals surface area contributed by atoms with E-state index in [1.165, 1.54) is 14.2 Å². The SMILES string of the molecule is CON(C)C(=O)c1cc2c([n+](CCCS(=O)(=O)O)c1)N=C(/C=C/C=C/C=C1/N(CCCS(=O)(=O)O)c3ccccc3C1(C)Cc1ccc(C(=O)ON3C(=O)CCC3=O)cc1)C2(C)C. The fourth-order valence-electron chi connectivity index (χ4n) is 8.00. The second-order valence-corrected chi connectivity index (χ2v) is 19.3. The molecule has 3 aromatic rings. The van der Waals surface area contributed by atoms with Crippen LogP contribution in [0.15, 0.2) is 102 Å². The zero-order valence-corrected chi connectivity index (χ0v) is 37.2. The van der Waals surface area contributed by atoms with Gasteiger partial charge in [0.1, 0.15) is 6.20 Å². The van der Waals surface area contributed by atoms with Gasteiger partial charge in [-0.05, 0) is 86.1 Å². The average Bonchev–Trinajstić information content (AvgIpc) is 3.77. The summed E-state index contributed by atoms with van der Waals surface area (Å²) in [6, 6.07) is 16.2. The number of rotatable bonds is 17. The summed E-state index contributed by atoms with van der Waals surface area (Å²) in [4.78, 5) is 67.1. The Bertz CT molecular complexity index is 2660. The van der Waals surface area contributed by atoms with Crippen LogP contribution in [0, 0.1) is 0 Å². The maximum Gasteiger partial charge on any atom is 0.363 e. The number of benzene rings is 2. The summed E-state index contributed by atoms with van der Waals surface area (Å²) in [5.74, 6) is -2.77. The lowest BCUT2D eigenvalue weighted by Gasteiger charge is -2.30. The molecule has 0 spiro atoms. The molecular formula is C44H50N5O12S2+. The number of carbonyl (C=O) groups excluding carboxylic acids is 4. The van der Waals surface area contributed by atoms with Crippen molar-refractivity contribution in [2.24, 2.45) is 4.99 Å². The van der Waals surface area contributed by atoms with E-state index >= 15 is 0 Å². The van der Waals surface area contributed by atoms with Crippen LogP contribution in [0.5, 0.6) is 0 Å². The molecule has 334 valence electrons. The van der Waals surface area contributed by atoms with Crippen molar-refractivity contribution in [2.75, 3.05) is 37.1 Å².